The summed E-state index contributed by atoms with van der Waals surface area (Å²) in [5.74, 6) is 1.24. The molecule has 0 unspecified atom stereocenters. The van der Waals surface area contributed by atoms with Crippen molar-refractivity contribution in [1.29, 1.82) is 0 Å². The van der Waals surface area contributed by atoms with Gasteiger partial charge in [-0.1, -0.05) is 70.2 Å². The summed E-state index contributed by atoms with van der Waals surface area (Å²) < 4.78 is 0. The van der Waals surface area contributed by atoms with E-state index in [1.807, 2.05) is 12.1 Å². The number of aromatic carboxylic acids is 1. The highest BCUT2D eigenvalue weighted by molar-refractivity contribution is 5.85. The summed E-state index contributed by atoms with van der Waals surface area (Å²) in [4.78, 5) is 10.8. The Morgan fingerprint density at radius 3 is 2.41 bits per heavy atom. The molecule has 2 heteroatoms. The van der Waals surface area contributed by atoms with Crippen LogP contribution in [0.1, 0.15) is 87.1 Å². The van der Waals surface area contributed by atoms with E-state index < -0.39 is 5.97 Å². The number of carboxylic acids is 1. The molecule has 0 amide bonds. The second-order valence-corrected chi connectivity index (χ2v) is 6.84. The molecule has 0 saturated heterocycles. The van der Waals surface area contributed by atoms with Gasteiger partial charge in [0.05, 0.1) is 5.97 Å². The van der Waals surface area contributed by atoms with Gasteiger partial charge < -0.3 is 9.90 Å². The van der Waals surface area contributed by atoms with E-state index in [4.69, 9.17) is 0 Å². The highest BCUT2D eigenvalue weighted by atomic mass is 16.4. The summed E-state index contributed by atoms with van der Waals surface area (Å²) in [5.41, 5.74) is 1.58. The van der Waals surface area contributed by atoms with E-state index in [0.29, 0.717) is 5.92 Å². The van der Waals surface area contributed by atoms with E-state index in [0.717, 1.165) is 11.8 Å². The summed E-state index contributed by atoms with van der Waals surface area (Å²) in [6, 6.07) is 7.36. The van der Waals surface area contributed by atoms with Gasteiger partial charge in [-0.25, -0.2) is 0 Å². The molecule has 0 spiro atoms. The van der Waals surface area contributed by atoms with Crippen molar-refractivity contribution < 1.29 is 9.90 Å². The molecule has 1 aliphatic rings. The van der Waals surface area contributed by atoms with Crippen molar-refractivity contribution >= 4 is 5.97 Å². The van der Waals surface area contributed by atoms with Gasteiger partial charge >= 0.3 is 0 Å². The number of carbonyl (C=O) groups excluding carboxylic acids is 1. The molecule has 122 valence electrons. The molecule has 0 radical (unpaired) electrons. The second kappa shape index (κ2) is 8.36. The molecule has 22 heavy (non-hydrogen) atoms. The van der Waals surface area contributed by atoms with Crippen LogP contribution in [-0.4, -0.2) is 5.97 Å². The minimum absolute atomic E-state index is 0.282. The fraction of sp³-hybridized carbons (Fsp3) is 0.650. The third-order valence-corrected chi connectivity index (χ3v) is 5.46. The van der Waals surface area contributed by atoms with Gasteiger partial charge in [0.2, 0.25) is 0 Å². The standard InChI is InChI=1S/C20H30O2/c1-3-5-6-7-16-10-13-19(14-15(16)4-2)17-8-11-18(12-9-17)20(21)22/h8-9,11-12,15-16,19H,3-7,10,13-14H2,1-2H3,(H,21,22)/p-1/t15-,16+,19-/m0/s1. The highest BCUT2D eigenvalue weighted by Crippen LogP contribution is 2.42. The molecule has 0 N–H and O–H groups in total. The smallest absolute Gasteiger partial charge is 0.0715 e. The minimum Gasteiger partial charge on any atom is -0.545 e. The van der Waals surface area contributed by atoms with E-state index >= 15 is 0 Å². The van der Waals surface area contributed by atoms with Crippen LogP contribution < -0.4 is 5.11 Å². The number of hydrogen-bond acceptors (Lipinski definition) is 2. The number of carboxylic acid groups (broad SMARTS) is 1. The van der Waals surface area contributed by atoms with Crippen molar-refractivity contribution in [1.82, 2.24) is 0 Å². The van der Waals surface area contributed by atoms with Crippen LogP contribution in [0.3, 0.4) is 0 Å². The first-order chi connectivity index (χ1) is 10.7. The molecule has 0 bridgehead atoms. The van der Waals surface area contributed by atoms with Crippen LogP contribution in [0.25, 0.3) is 0 Å². The monoisotopic (exact) mass is 301 g/mol. The molecule has 2 nitrogen and oxygen atoms in total. The molecule has 1 saturated carbocycles. The van der Waals surface area contributed by atoms with Gasteiger partial charge in [0, 0.05) is 0 Å². The third kappa shape index (κ3) is 4.34. The lowest BCUT2D eigenvalue weighted by molar-refractivity contribution is -0.255. The predicted molar refractivity (Wildman–Crippen MR) is 88.8 cm³/mol. The average molecular weight is 301 g/mol. The van der Waals surface area contributed by atoms with Crippen LogP contribution in [-0.2, 0) is 0 Å². The van der Waals surface area contributed by atoms with Gasteiger partial charge in [-0.2, -0.15) is 0 Å². The maximum Gasteiger partial charge on any atom is 0.0715 e. The lowest BCUT2D eigenvalue weighted by Gasteiger charge is -2.36. The molecular formula is C20H29O2-. The van der Waals surface area contributed by atoms with Crippen LogP contribution in [0.4, 0.5) is 0 Å². The quantitative estimate of drug-likeness (QED) is 0.694. The molecule has 1 aliphatic carbocycles. The highest BCUT2D eigenvalue weighted by Gasteiger charge is 2.29. The Morgan fingerprint density at radius 2 is 1.82 bits per heavy atom. The van der Waals surface area contributed by atoms with Gasteiger partial charge in [-0.15, -0.1) is 0 Å². The fourth-order valence-corrected chi connectivity index (χ4v) is 4.06. The number of unbranched alkanes of at least 4 members (excludes halogenated alkanes) is 2. The summed E-state index contributed by atoms with van der Waals surface area (Å²) in [6.45, 7) is 4.59. The molecule has 0 aromatic heterocycles. The van der Waals surface area contributed by atoms with Crippen molar-refractivity contribution in [2.24, 2.45) is 11.8 Å². The second-order valence-electron chi connectivity index (χ2n) is 6.84. The first-order valence-corrected chi connectivity index (χ1v) is 8.97. The van der Waals surface area contributed by atoms with Crippen LogP contribution >= 0.6 is 0 Å². The Labute approximate surface area is 134 Å². The molecule has 1 fully saturated rings. The van der Waals surface area contributed by atoms with E-state index in [1.165, 1.54) is 56.9 Å². The van der Waals surface area contributed by atoms with Gasteiger partial charge in [0.25, 0.3) is 0 Å². The molecule has 1 aromatic rings. The zero-order chi connectivity index (χ0) is 15.9. The Morgan fingerprint density at radius 1 is 1.09 bits per heavy atom. The van der Waals surface area contributed by atoms with Crippen molar-refractivity contribution in [3.05, 3.63) is 35.4 Å². The van der Waals surface area contributed by atoms with Gasteiger partial charge in [0.15, 0.2) is 0 Å². The van der Waals surface area contributed by atoms with Gasteiger partial charge in [0.1, 0.15) is 0 Å². The van der Waals surface area contributed by atoms with E-state index in [-0.39, 0.29) is 5.56 Å². The van der Waals surface area contributed by atoms with Gasteiger partial charge in [-0.05, 0) is 48.1 Å². The predicted octanol–water partition coefficient (Wildman–Crippen LogP) is 4.54. The van der Waals surface area contributed by atoms with E-state index in [1.54, 1.807) is 12.1 Å². The largest absolute Gasteiger partial charge is 0.545 e. The topological polar surface area (TPSA) is 40.1 Å². The van der Waals surface area contributed by atoms with Crippen molar-refractivity contribution in [2.75, 3.05) is 0 Å². The molecular weight excluding hydrogens is 272 g/mol. The van der Waals surface area contributed by atoms with Crippen LogP contribution in [0.15, 0.2) is 24.3 Å². The summed E-state index contributed by atoms with van der Waals surface area (Å²) in [6.07, 6.45) is 10.5. The lowest BCUT2D eigenvalue weighted by atomic mass is 9.69. The third-order valence-electron chi connectivity index (χ3n) is 5.46. The van der Waals surface area contributed by atoms with Crippen molar-refractivity contribution in [2.45, 2.75) is 71.1 Å². The van der Waals surface area contributed by atoms with E-state index in [9.17, 15) is 9.90 Å². The number of carbonyl (C=O) groups is 1. The molecule has 1 aromatic carbocycles. The summed E-state index contributed by atoms with van der Waals surface area (Å²) >= 11 is 0. The number of hydrogen-bond donors (Lipinski definition) is 0. The number of benzene rings is 1. The molecule has 2 rings (SSSR count). The van der Waals surface area contributed by atoms with Crippen molar-refractivity contribution in [3.63, 3.8) is 0 Å². The normalized spacial score (nSPS) is 25.1. The van der Waals surface area contributed by atoms with Crippen LogP contribution in [0.2, 0.25) is 0 Å². The fourth-order valence-electron chi connectivity index (χ4n) is 4.06. The molecule has 0 aliphatic heterocycles. The van der Waals surface area contributed by atoms with Gasteiger partial charge in [-0.3, -0.25) is 0 Å². The summed E-state index contributed by atoms with van der Waals surface area (Å²) in [7, 11) is 0. The van der Waals surface area contributed by atoms with Crippen LogP contribution in [0, 0.1) is 11.8 Å². The Hall–Kier alpha value is -1.31. The zero-order valence-electron chi connectivity index (χ0n) is 14.0. The average Bonchev–Trinajstić information content (AvgIpc) is 2.55. The molecule has 3 atom stereocenters. The first kappa shape index (κ1) is 17.1. The summed E-state index contributed by atoms with van der Waals surface area (Å²) in [5, 5.41) is 10.8. The Bertz CT molecular complexity index is 463. The Kier molecular flexibility index (Phi) is 6.48. The first-order valence-electron chi connectivity index (χ1n) is 8.97. The SMILES string of the molecule is CCCCC[C@@H]1CC[C@H](c2ccc(C(=O)[O-])cc2)C[C@@H]1CC. The maximum atomic E-state index is 10.8. The molecule has 0 heterocycles. The maximum absolute atomic E-state index is 10.8. The van der Waals surface area contributed by atoms with Crippen molar-refractivity contribution in [3.8, 4) is 0 Å². The number of rotatable bonds is 7. The minimum atomic E-state index is -1.09. The van der Waals surface area contributed by atoms with Crippen LogP contribution in [0.5, 0.6) is 0 Å². The lowest BCUT2D eigenvalue weighted by Crippen LogP contribution is -2.24. The van der Waals surface area contributed by atoms with E-state index in [2.05, 4.69) is 13.8 Å². The zero-order valence-corrected chi connectivity index (χ0v) is 14.0. The Balaban J connectivity index is 1.96.